The van der Waals surface area contributed by atoms with Gasteiger partial charge in [0.15, 0.2) is 5.82 Å². The molecule has 0 fully saturated rings. The minimum absolute atomic E-state index is 0.210. The van der Waals surface area contributed by atoms with Crippen molar-refractivity contribution in [3.63, 3.8) is 0 Å². The van der Waals surface area contributed by atoms with Gasteiger partial charge < -0.3 is 20.7 Å². The third kappa shape index (κ3) is 4.96. The number of nitrogens with zero attached hydrogens (tertiary/aromatic N) is 4. The molecule has 154 valence electrons. The minimum Gasteiger partial charge on any atom is -0.385 e. The molecule has 1 unspecified atom stereocenters. The Labute approximate surface area is 171 Å². The highest BCUT2D eigenvalue weighted by Gasteiger charge is 2.30. The highest BCUT2D eigenvalue weighted by molar-refractivity contribution is 6.38. The zero-order valence-electron chi connectivity index (χ0n) is 17.0. The first kappa shape index (κ1) is 20.9. The van der Waals surface area contributed by atoms with Gasteiger partial charge in [-0.25, -0.2) is 15.0 Å². The Morgan fingerprint density at radius 1 is 1.41 bits per heavy atom. The predicted octanol–water partition coefficient (Wildman–Crippen LogP) is 2.31. The molecular weight excluding hydrogens is 368 g/mol. The van der Waals surface area contributed by atoms with Crippen LogP contribution in [0.3, 0.4) is 0 Å². The number of aliphatic imine (C=N–C) groups is 1. The van der Waals surface area contributed by atoms with Crippen molar-refractivity contribution in [3.05, 3.63) is 42.4 Å². The van der Waals surface area contributed by atoms with Gasteiger partial charge >= 0.3 is 0 Å². The van der Waals surface area contributed by atoms with E-state index in [-0.39, 0.29) is 5.91 Å². The summed E-state index contributed by atoms with van der Waals surface area (Å²) in [6.07, 6.45) is 4.80. The Kier molecular flexibility index (Phi) is 7.26. The van der Waals surface area contributed by atoms with Crippen LogP contribution < -0.4 is 16.0 Å². The number of hydrogen-bond acceptors (Lipinski definition) is 7. The van der Waals surface area contributed by atoms with E-state index in [4.69, 9.17) is 10.5 Å². The summed E-state index contributed by atoms with van der Waals surface area (Å²) in [5.74, 6) is 0.824. The number of hydrogen-bond donors (Lipinski definition) is 2. The number of nitrogens with two attached hydrogens (primary N) is 1. The lowest BCUT2D eigenvalue weighted by molar-refractivity contribution is -0.114. The molecule has 1 aromatic carbocycles. The summed E-state index contributed by atoms with van der Waals surface area (Å²) in [4.78, 5) is 27.6. The lowest BCUT2D eigenvalue weighted by atomic mass is 9.98. The summed E-state index contributed by atoms with van der Waals surface area (Å²) < 4.78 is 5.00. The SMILES string of the molecule is COCCCNC(=O)/C(C)=N/c1cncnc1N1CC(CCN)c2ccccc21. The number of para-hydroxylation sites is 1. The van der Waals surface area contributed by atoms with Crippen molar-refractivity contribution in [1.82, 2.24) is 15.3 Å². The molecule has 0 saturated carbocycles. The largest absolute Gasteiger partial charge is 0.385 e. The molecular formula is C21H28N6O2. The summed E-state index contributed by atoms with van der Waals surface area (Å²) in [7, 11) is 1.64. The Morgan fingerprint density at radius 2 is 2.24 bits per heavy atom. The zero-order chi connectivity index (χ0) is 20.6. The van der Waals surface area contributed by atoms with Crippen molar-refractivity contribution in [2.24, 2.45) is 10.7 Å². The summed E-state index contributed by atoms with van der Waals surface area (Å²) in [5.41, 5.74) is 9.12. The maximum absolute atomic E-state index is 12.3. The quantitative estimate of drug-likeness (QED) is 0.498. The van der Waals surface area contributed by atoms with Gasteiger partial charge in [-0.3, -0.25) is 4.79 Å². The van der Waals surface area contributed by atoms with E-state index < -0.39 is 0 Å². The van der Waals surface area contributed by atoms with Crippen LogP contribution in [-0.4, -0.2) is 54.9 Å². The number of amides is 1. The number of carbonyl (C=O) groups excluding carboxylic acids is 1. The second kappa shape index (κ2) is 10.1. The first-order chi connectivity index (χ1) is 14.2. The highest BCUT2D eigenvalue weighted by atomic mass is 16.5. The summed E-state index contributed by atoms with van der Waals surface area (Å²) in [5, 5.41) is 2.85. The van der Waals surface area contributed by atoms with Crippen molar-refractivity contribution in [2.75, 3.05) is 38.3 Å². The number of fused-ring (bicyclic) bond motifs is 1. The standard InChI is InChI=1S/C21H28N6O2/c1-15(21(28)24-10-5-11-29-2)26-18-12-23-14-25-20(18)27-13-16(8-9-22)17-6-3-4-7-19(17)27/h3-4,6-7,12,14,16H,5,8-11,13,22H2,1-2H3,(H,24,28)/b26-15+. The molecule has 1 aromatic heterocycles. The van der Waals surface area contributed by atoms with E-state index in [2.05, 4.69) is 37.3 Å². The molecule has 0 bridgehead atoms. The second-order valence-electron chi connectivity index (χ2n) is 6.97. The van der Waals surface area contributed by atoms with Gasteiger partial charge in [-0.15, -0.1) is 0 Å². The molecule has 1 atom stereocenters. The summed E-state index contributed by atoms with van der Waals surface area (Å²) >= 11 is 0. The molecule has 3 rings (SSSR count). The average molecular weight is 396 g/mol. The monoisotopic (exact) mass is 396 g/mol. The molecule has 3 N–H and O–H groups in total. The van der Waals surface area contributed by atoms with Crippen LogP contribution in [0.1, 0.15) is 31.2 Å². The number of aromatic nitrogens is 2. The smallest absolute Gasteiger partial charge is 0.265 e. The van der Waals surface area contributed by atoms with Crippen molar-refractivity contribution in [2.45, 2.75) is 25.7 Å². The lowest BCUT2D eigenvalue weighted by Crippen LogP contribution is -2.30. The van der Waals surface area contributed by atoms with Gasteiger partial charge in [0, 0.05) is 38.4 Å². The van der Waals surface area contributed by atoms with E-state index >= 15 is 0 Å². The van der Waals surface area contributed by atoms with E-state index in [9.17, 15) is 4.79 Å². The minimum atomic E-state index is -0.210. The lowest BCUT2D eigenvalue weighted by Gasteiger charge is -2.20. The van der Waals surface area contributed by atoms with Gasteiger partial charge in [-0.05, 0) is 37.9 Å². The van der Waals surface area contributed by atoms with Crippen LogP contribution in [-0.2, 0) is 9.53 Å². The van der Waals surface area contributed by atoms with E-state index in [1.165, 1.54) is 11.9 Å². The fourth-order valence-corrected chi connectivity index (χ4v) is 3.52. The third-order valence-corrected chi connectivity index (χ3v) is 4.94. The van der Waals surface area contributed by atoms with Crippen LogP contribution >= 0.6 is 0 Å². The zero-order valence-corrected chi connectivity index (χ0v) is 17.0. The molecule has 0 aliphatic carbocycles. The fourth-order valence-electron chi connectivity index (χ4n) is 3.52. The number of carbonyl (C=O) groups is 1. The number of rotatable bonds is 9. The van der Waals surface area contributed by atoms with Gasteiger partial charge in [-0.2, -0.15) is 0 Å². The van der Waals surface area contributed by atoms with E-state index in [1.807, 2.05) is 12.1 Å². The van der Waals surface area contributed by atoms with Gasteiger partial charge in [0.25, 0.3) is 5.91 Å². The number of benzene rings is 1. The maximum Gasteiger partial charge on any atom is 0.265 e. The molecule has 29 heavy (non-hydrogen) atoms. The average Bonchev–Trinajstić information content (AvgIpc) is 3.10. The molecule has 8 nitrogen and oxygen atoms in total. The van der Waals surface area contributed by atoms with Gasteiger partial charge in [0.05, 0.1) is 6.20 Å². The normalized spacial score (nSPS) is 16.0. The molecule has 1 aliphatic heterocycles. The van der Waals surface area contributed by atoms with Crippen LogP contribution in [0, 0.1) is 0 Å². The summed E-state index contributed by atoms with van der Waals surface area (Å²) in [6, 6.07) is 8.28. The second-order valence-corrected chi connectivity index (χ2v) is 6.97. The molecule has 2 heterocycles. The van der Waals surface area contributed by atoms with E-state index in [0.29, 0.717) is 42.8 Å². The first-order valence-corrected chi connectivity index (χ1v) is 9.84. The van der Waals surface area contributed by atoms with E-state index in [1.54, 1.807) is 20.2 Å². The highest BCUT2D eigenvalue weighted by Crippen LogP contribution is 2.43. The number of nitrogens with one attached hydrogen (secondary N) is 1. The Bertz CT molecular complexity index is 870. The van der Waals surface area contributed by atoms with Gasteiger partial charge in [-0.1, -0.05) is 18.2 Å². The topological polar surface area (TPSA) is 106 Å². The predicted molar refractivity (Wildman–Crippen MR) is 114 cm³/mol. The van der Waals surface area contributed by atoms with Crippen molar-refractivity contribution in [3.8, 4) is 0 Å². The number of ether oxygens (including phenoxy) is 1. The van der Waals surface area contributed by atoms with Crippen molar-refractivity contribution in [1.29, 1.82) is 0 Å². The van der Waals surface area contributed by atoms with Crippen molar-refractivity contribution >= 4 is 28.8 Å². The number of methoxy groups -OCH3 is 1. The molecule has 8 heteroatoms. The Balaban J connectivity index is 1.83. The van der Waals surface area contributed by atoms with Crippen LogP contribution in [0.25, 0.3) is 0 Å². The molecule has 1 amide bonds. The Morgan fingerprint density at radius 3 is 3.03 bits per heavy atom. The summed E-state index contributed by atoms with van der Waals surface area (Å²) in [6.45, 7) is 4.24. The number of anilines is 2. The third-order valence-electron chi connectivity index (χ3n) is 4.94. The van der Waals surface area contributed by atoms with Gasteiger partial charge in [0.1, 0.15) is 17.7 Å². The Hall–Kier alpha value is -2.84. The van der Waals surface area contributed by atoms with E-state index in [0.717, 1.165) is 25.1 Å². The van der Waals surface area contributed by atoms with Crippen molar-refractivity contribution < 1.29 is 9.53 Å². The van der Waals surface area contributed by atoms with Crippen LogP contribution in [0.2, 0.25) is 0 Å². The van der Waals surface area contributed by atoms with Gasteiger partial charge in [0.2, 0.25) is 0 Å². The maximum atomic E-state index is 12.3. The van der Waals surface area contributed by atoms with Crippen LogP contribution in [0.5, 0.6) is 0 Å². The molecule has 0 saturated heterocycles. The molecule has 1 aliphatic rings. The molecule has 0 spiro atoms. The fraction of sp³-hybridized carbons (Fsp3) is 0.429. The molecule has 0 radical (unpaired) electrons. The van der Waals surface area contributed by atoms with Crippen LogP contribution in [0.15, 0.2) is 41.8 Å². The molecule has 2 aromatic rings. The first-order valence-electron chi connectivity index (χ1n) is 9.84. The van der Waals surface area contributed by atoms with Crippen LogP contribution in [0.4, 0.5) is 17.2 Å².